The second-order valence-corrected chi connectivity index (χ2v) is 5.72. The van der Waals surface area contributed by atoms with Crippen LogP contribution in [0.1, 0.15) is 17.3 Å². The quantitative estimate of drug-likeness (QED) is 0.855. The van der Waals surface area contributed by atoms with Crippen molar-refractivity contribution in [2.24, 2.45) is 0 Å². The highest BCUT2D eigenvalue weighted by molar-refractivity contribution is 5.49. The normalized spacial score (nSPS) is 17.1. The van der Waals surface area contributed by atoms with Crippen LogP contribution in [-0.4, -0.2) is 47.2 Å². The fourth-order valence-electron chi connectivity index (χ4n) is 3.08. The lowest BCUT2D eigenvalue weighted by Gasteiger charge is -2.40. The van der Waals surface area contributed by atoms with Crippen molar-refractivity contribution in [2.45, 2.75) is 12.2 Å². The minimum absolute atomic E-state index is 0.186. The van der Waals surface area contributed by atoms with E-state index in [4.69, 9.17) is 5.26 Å². The summed E-state index contributed by atoms with van der Waals surface area (Å²) in [5, 5.41) is 9.11. The largest absolute Gasteiger partial charge is 0.408 e. The van der Waals surface area contributed by atoms with Crippen molar-refractivity contribution in [3.05, 3.63) is 54.0 Å². The number of aromatic nitrogens is 2. The van der Waals surface area contributed by atoms with Crippen LogP contribution in [0.2, 0.25) is 0 Å². The van der Waals surface area contributed by atoms with Crippen LogP contribution in [0.15, 0.2) is 42.7 Å². The first-order valence-electron chi connectivity index (χ1n) is 7.82. The highest BCUT2D eigenvalue weighted by Gasteiger charge is 2.45. The predicted molar refractivity (Wildman–Crippen MR) is 85.8 cm³/mol. The fraction of sp³-hybridized carbons (Fsp3) is 0.353. The van der Waals surface area contributed by atoms with Crippen molar-refractivity contribution in [3.63, 3.8) is 0 Å². The lowest BCUT2D eigenvalue weighted by molar-refractivity contribution is -0.187. The third-order valence-corrected chi connectivity index (χ3v) is 4.19. The molecule has 0 aliphatic carbocycles. The van der Waals surface area contributed by atoms with Gasteiger partial charge in [0.2, 0.25) is 0 Å². The van der Waals surface area contributed by atoms with Crippen LogP contribution in [-0.2, 0) is 0 Å². The van der Waals surface area contributed by atoms with E-state index in [1.54, 1.807) is 23.1 Å². The molecule has 1 saturated heterocycles. The van der Waals surface area contributed by atoms with Gasteiger partial charge >= 0.3 is 6.18 Å². The molecule has 0 bridgehead atoms. The Bertz CT molecular complexity index is 749. The Morgan fingerprint density at radius 1 is 1.00 bits per heavy atom. The van der Waals surface area contributed by atoms with E-state index < -0.39 is 12.2 Å². The van der Waals surface area contributed by atoms with E-state index in [1.165, 1.54) is 29.4 Å². The van der Waals surface area contributed by atoms with Gasteiger partial charge in [0.15, 0.2) is 11.5 Å². The van der Waals surface area contributed by atoms with Crippen LogP contribution in [0.3, 0.4) is 0 Å². The Labute approximate surface area is 143 Å². The lowest BCUT2D eigenvalue weighted by atomic mass is 10.0. The molecule has 1 aliphatic rings. The second-order valence-electron chi connectivity index (χ2n) is 5.72. The fourth-order valence-corrected chi connectivity index (χ4v) is 3.08. The molecule has 3 rings (SSSR count). The standard InChI is InChI=1S/C17H16F3N5/c18-17(19,20)15(13-4-2-1-3-5-13)24-8-10-25(11-9-24)16-14(12-21)22-6-7-23-16/h1-7,15H,8-11H2/t15-/m1/s1. The number of anilines is 1. The van der Waals surface area contributed by atoms with Crippen molar-refractivity contribution in [1.29, 1.82) is 5.26 Å². The summed E-state index contributed by atoms with van der Waals surface area (Å²) in [5.74, 6) is 0.424. The molecule has 8 heteroatoms. The smallest absolute Gasteiger partial charge is 0.352 e. The predicted octanol–water partition coefficient (Wildman–Crippen LogP) is 2.77. The van der Waals surface area contributed by atoms with E-state index in [0.717, 1.165) is 0 Å². The maximum absolute atomic E-state index is 13.6. The maximum Gasteiger partial charge on any atom is 0.408 e. The molecule has 25 heavy (non-hydrogen) atoms. The average Bonchev–Trinajstić information content (AvgIpc) is 2.62. The van der Waals surface area contributed by atoms with Gasteiger partial charge in [0.1, 0.15) is 12.1 Å². The number of hydrogen-bond donors (Lipinski definition) is 0. The summed E-state index contributed by atoms with van der Waals surface area (Å²) in [7, 11) is 0. The Kier molecular flexibility index (Phi) is 4.86. The molecule has 2 heterocycles. The zero-order chi connectivity index (χ0) is 17.9. The third-order valence-electron chi connectivity index (χ3n) is 4.19. The van der Waals surface area contributed by atoms with Crippen LogP contribution in [0.25, 0.3) is 0 Å². The first-order valence-corrected chi connectivity index (χ1v) is 7.82. The molecule has 0 N–H and O–H groups in total. The van der Waals surface area contributed by atoms with E-state index in [9.17, 15) is 13.2 Å². The molecule has 130 valence electrons. The summed E-state index contributed by atoms with van der Waals surface area (Å²) in [6, 6.07) is 8.27. The van der Waals surface area contributed by atoms with Crippen LogP contribution in [0.5, 0.6) is 0 Å². The van der Waals surface area contributed by atoms with Gasteiger partial charge in [-0.05, 0) is 5.56 Å². The SMILES string of the molecule is N#Cc1nccnc1N1CCN([C@H](c2ccccc2)C(F)(F)F)CC1. The van der Waals surface area contributed by atoms with Crippen molar-refractivity contribution in [1.82, 2.24) is 14.9 Å². The molecule has 1 aromatic carbocycles. The molecule has 1 atom stereocenters. The number of piperazine rings is 1. The maximum atomic E-state index is 13.6. The van der Waals surface area contributed by atoms with Gasteiger partial charge < -0.3 is 4.90 Å². The number of nitriles is 1. The number of alkyl halides is 3. The first kappa shape index (κ1) is 17.2. The first-order chi connectivity index (χ1) is 12.0. The Morgan fingerprint density at radius 2 is 1.64 bits per heavy atom. The topological polar surface area (TPSA) is 56.1 Å². The summed E-state index contributed by atoms with van der Waals surface area (Å²) in [4.78, 5) is 11.3. The molecule has 0 amide bonds. The van der Waals surface area contributed by atoms with Crippen molar-refractivity contribution in [3.8, 4) is 6.07 Å². The monoisotopic (exact) mass is 347 g/mol. The highest BCUT2D eigenvalue weighted by Crippen LogP contribution is 2.38. The average molecular weight is 347 g/mol. The van der Waals surface area contributed by atoms with Gasteiger partial charge in [-0.25, -0.2) is 9.97 Å². The van der Waals surface area contributed by atoms with Gasteiger partial charge in [-0.15, -0.1) is 0 Å². The van der Waals surface area contributed by atoms with Gasteiger partial charge in [0.05, 0.1) is 0 Å². The zero-order valence-electron chi connectivity index (χ0n) is 13.3. The van der Waals surface area contributed by atoms with Crippen LogP contribution in [0.4, 0.5) is 19.0 Å². The summed E-state index contributed by atoms with van der Waals surface area (Å²) in [6.07, 6.45) is -1.45. The zero-order valence-corrected chi connectivity index (χ0v) is 13.3. The van der Waals surface area contributed by atoms with Crippen LogP contribution >= 0.6 is 0 Å². The molecule has 2 aromatic rings. The number of nitrogens with zero attached hydrogens (tertiary/aromatic N) is 5. The number of halogens is 3. The molecule has 0 saturated carbocycles. The molecule has 0 radical (unpaired) electrons. The number of rotatable bonds is 3. The van der Waals surface area contributed by atoms with E-state index >= 15 is 0 Å². The van der Waals surface area contributed by atoms with Crippen molar-refractivity contribution >= 4 is 5.82 Å². The second kappa shape index (κ2) is 7.07. The highest BCUT2D eigenvalue weighted by atomic mass is 19.4. The van der Waals surface area contributed by atoms with E-state index in [2.05, 4.69) is 9.97 Å². The molecule has 1 aromatic heterocycles. The summed E-state index contributed by atoms with van der Waals surface area (Å²) in [6.45, 7) is 1.15. The van der Waals surface area contributed by atoms with Gasteiger partial charge in [0.25, 0.3) is 0 Å². The van der Waals surface area contributed by atoms with Gasteiger partial charge in [-0.2, -0.15) is 18.4 Å². The van der Waals surface area contributed by atoms with Gasteiger partial charge in [-0.3, -0.25) is 4.90 Å². The Morgan fingerprint density at radius 3 is 2.24 bits per heavy atom. The molecular weight excluding hydrogens is 331 g/mol. The molecule has 0 unspecified atom stereocenters. The molecule has 0 spiro atoms. The van der Waals surface area contributed by atoms with Crippen LogP contribution in [0, 0.1) is 11.3 Å². The molecule has 1 fully saturated rings. The Balaban J connectivity index is 1.77. The van der Waals surface area contributed by atoms with Crippen LogP contribution < -0.4 is 4.90 Å². The summed E-state index contributed by atoms with van der Waals surface area (Å²) < 4.78 is 40.8. The number of hydrogen-bond acceptors (Lipinski definition) is 5. The lowest BCUT2D eigenvalue weighted by Crippen LogP contribution is -2.51. The van der Waals surface area contributed by atoms with E-state index in [-0.39, 0.29) is 24.3 Å². The van der Waals surface area contributed by atoms with Crippen molar-refractivity contribution in [2.75, 3.05) is 31.1 Å². The molecule has 5 nitrogen and oxygen atoms in total. The molecular formula is C17H16F3N5. The molecule has 1 aliphatic heterocycles. The van der Waals surface area contributed by atoms with Gasteiger partial charge in [0, 0.05) is 38.6 Å². The van der Waals surface area contributed by atoms with E-state index in [0.29, 0.717) is 18.9 Å². The summed E-state index contributed by atoms with van der Waals surface area (Å²) >= 11 is 0. The minimum Gasteiger partial charge on any atom is -0.352 e. The summed E-state index contributed by atoms with van der Waals surface area (Å²) in [5.41, 5.74) is 0.423. The van der Waals surface area contributed by atoms with Crippen molar-refractivity contribution < 1.29 is 13.2 Å². The number of benzene rings is 1. The van der Waals surface area contributed by atoms with Gasteiger partial charge in [-0.1, -0.05) is 30.3 Å². The van der Waals surface area contributed by atoms with E-state index in [1.807, 2.05) is 6.07 Å². The Hall–Kier alpha value is -2.66. The third kappa shape index (κ3) is 3.72. The minimum atomic E-state index is -4.35.